The fourth-order valence-corrected chi connectivity index (χ4v) is 2.75. The highest BCUT2D eigenvalue weighted by molar-refractivity contribution is 7.91. The number of methoxy groups -OCH3 is 1. The summed E-state index contributed by atoms with van der Waals surface area (Å²) in [7, 11) is -1.94. The van der Waals surface area contributed by atoms with E-state index in [9.17, 15) is 8.42 Å². The molecule has 0 fully saturated rings. The number of rotatable bonds is 5. The fraction of sp³-hybridized carbons (Fsp3) is 0.154. The molecular weight excluding hydrogens is 264 g/mol. The van der Waals surface area contributed by atoms with Gasteiger partial charge in [0.15, 0.2) is 0 Å². The van der Waals surface area contributed by atoms with Gasteiger partial charge in [-0.15, -0.1) is 0 Å². The molecule has 6 heteroatoms. The molecule has 0 aliphatic rings. The summed E-state index contributed by atoms with van der Waals surface area (Å²) < 4.78 is 31.3. The third-order valence-corrected chi connectivity index (χ3v) is 3.68. The van der Waals surface area contributed by atoms with Gasteiger partial charge in [0, 0.05) is 6.07 Å². The van der Waals surface area contributed by atoms with Crippen molar-refractivity contribution in [3.05, 3.63) is 54.2 Å². The maximum Gasteiger partial charge on any atom is 0.236 e. The summed E-state index contributed by atoms with van der Waals surface area (Å²) in [5.41, 5.74) is 1.15. The van der Waals surface area contributed by atoms with E-state index in [0.29, 0.717) is 11.6 Å². The minimum Gasteiger partial charge on any atom is -0.481 e. The molecule has 1 aromatic carbocycles. The van der Waals surface area contributed by atoms with E-state index < -0.39 is 10.0 Å². The van der Waals surface area contributed by atoms with Crippen molar-refractivity contribution in [3.63, 3.8) is 0 Å². The quantitative estimate of drug-likeness (QED) is 0.908. The minimum absolute atomic E-state index is 0.0696. The normalized spacial score (nSPS) is 11.0. The molecule has 0 saturated heterocycles. The highest BCUT2D eigenvalue weighted by atomic mass is 32.2. The van der Waals surface area contributed by atoms with Gasteiger partial charge in [-0.3, -0.25) is 4.72 Å². The van der Waals surface area contributed by atoms with E-state index in [1.54, 1.807) is 36.4 Å². The van der Waals surface area contributed by atoms with Gasteiger partial charge in [0.25, 0.3) is 0 Å². The Kier molecular flexibility index (Phi) is 4.01. The van der Waals surface area contributed by atoms with Crippen molar-refractivity contribution in [3.8, 4) is 5.88 Å². The maximum atomic E-state index is 12.0. The van der Waals surface area contributed by atoms with E-state index in [0.717, 1.165) is 5.56 Å². The Morgan fingerprint density at radius 3 is 2.47 bits per heavy atom. The molecule has 0 atom stereocenters. The lowest BCUT2D eigenvalue weighted by Crippen LogP contribution is -2.15. The first-order chi connectivity index (χ1) is 9.09. The summed E-state index contributed by atoms with van der Waals surface area (Å²) >= 11 is 0. The molecule has 1 heterocycles. The third-order valence-electron chi connectivity index (χ3n) is 2.42. The first kappa shape index (κ1) is 13.4. The van der Waals surface area contributed by atoms with Gasteiger partial charge >= 0.3 is 0 Å². The summed E-state index contributed by atoms with van der Waals surface area (Å²) in [6.07, 6.45) is 1.42. The third kappa shape index (κ3) is 3.96. The lowest BCUT2D eigenvalue weighted by molar-refractivity contribution is 0.398. The Labute approximate surface area is 112 Å². The van der Waals surface area contributed by atoms with Crippen molar-refractivity contribution in [1.82, 2.24) is 4.98 Å². The van der Waals surface area contributed by atoms with Crippen LogP contribution in [-0.2, 0) is 15.8 Å². The standard InChI is InChI=1S/C13H14N2O3S/c1-18-13-8-7-12(9-14-13)15-19(16,17)10-11-5-3-2-4-6-11/h2-9,15H,10H2,1H3. The average molecular weight is 278 g/mol. The number of pyridine rings is 1. The van der Waals surface area contributed by atoms with Crippen LogP contribution in [0.1, 0.15) is 5.56 Å². The lowest BCUT2D eigenvalue weighted by atomic mass is 10.2. The SMILES string of the molecule is COc1ccc(NS(=O)(=O)Cc2ccccc2)cn1. The number of sulfonamides is 1. The van der Waals surface area contributed by atoms with Crippen molar-refractivity contribution in [2.45, 2.75) is 5.75 Å². The van der Waals surface area contributed by atoms with Crippen molar-refractivity contribution in [1.29, 1.82) is 0 Å². The molecule has 0 spiro atoms. The zero-order chi connectivity index (χ0) is 13.7. The Morgan fingerprint density at radius 1 is 1.16 bits per heavy atom. The van der Waals surface area contributed by atoms with Crippen molar-refractivity contribution in [2.24, 2.45) is 0 Å². The van der Waals surface area contributed by atoms with Crippen LogP contribution in [0.5, 0.6) is 5.88 Å². The van der Waals surface area contributed by atoms with Crippen LogP contribution in [0.3, 0.4) is 0 Å². The van der Waals surface area contributed by atoms with E-state index in [-0.39, 0.29) is 5.75 Å². The van der Waals surface area contributed by atoms with Crippen LogP contribution >= 0.6 is 0 Å². The van der Waals surface area contributed by atoms with Gasteiger partial charge in [0.2, 0.25) is 15.9 Å². The van der Waals surface area contributed by atoms with Gasteiger partial charge in [-0.2, -0.15) is 0 Å². The Hall–Kier alpha value is -2.08. The van der Waals surface area contributed by atoms with Crippen LogP contribution in [0, 0.1) is 0 Å². The van der Waals surface area contributed by atoms with E-state index in [1.165, 1.54) is 13.3 Å². The van der Waals surface area contributed by atoms with Crippen molar-refractivity contribution < 1.29 is 13.2 Å². The summed E-state index contributed by atoms with van der Waals surface area (Å²) in [5.74, 6) is 0.367. The van der Waals surface area contributed by atoms with Gasteiger partial charge in [-0.05, 0) is 11.6 Å². The van der Waals surface area contributed by atoms with Crippen LogP contribution in [-0.4, -0.2) is 20.5 Å². The number of anilines is 1. The van der Waals surface area contributed by atoms with Gasteiger partial charge in [0.05, 0.1) is 24.7 Å². The van der Waals surface area contributed by atoms with E-state index in [2.05, 4.69) is 9.71 Å². The van der Waals surface area contributed by atoms with Crippen LogP contribution < -0.4 is 9.46 Å². The minimum atomic E-state index is -3.44. The number of ether oxygens (including phenoxy) is 1. The predicted octanol–water partition coefficient (Wildman–Crippen LogP) is 2.03. The zero-order valence-corrected chi connectivity index (χ0v) is 11.2. The highest BCUT2D eigenvalue weighted by Gasteiger charge is 2.11. The molecule has 1 aromatic heterocycles. The molecular formula is C13H14N2O3S. The molecule has 5 nitrogen and oxygen atoms in total. The number of benzene rings is 1. The van der Waals surface area contributed by atoms with Gasteiger partial charge in [-0.25, -0.2) is 13.4 Å². The molecule has 1 N–H and O–H groups in total. The number of hydrogen-bond acceptors (Lipinski definition) is 4. The maximum absolute atomic E-state index is 12.0. The first-order valence-corrected chi connectivity index (χ1v) is 7.29. The first-order valence-electron chi connectivity index (χ1n) is 5.63. The van der Waals surface area contributed by atoms with E-state index in [1.807, 2.05) is 6.07 Å². The van der Waals surface area contributed by atoms with Crippen LogP contribution in [0.4, 0.5) is 5.69 Å². The molecule has 2 aromatic rings. The molecule has 0 aliphatic heterocycles. The summed E-state index contributed by atoms with van der Waals surface area (Å²) in [6.45, 7) is 0. The van der Waals surface area contributed by atoms with Crippen LogP contribution in [0.15, 0.2) is 48.7 Å². The summed E-state index contributed by atoms with van der Waals surface area (Å²) in [5, 5.41) is 0. The smallest absolute Gasteiger partial charge is 0.236 e. The number of nitrogens with zero attached hydrogens (tertiary/aromatic N) is 1. The average Bonchev–Trinajstić information content (AvgIpc) is 2.39. The molecule has 0 aliphatic carbocycles. The Morgan fingerprint density at radius 2 is 1.89 bits per heavy atom. The van der Waals surface area contributed by atoms with Gasteiger partial charge in [0.1, 0.15) is 0 Å². The number of nitrogens with one attached hydrogen (secondary N) is 1. The number of aromatic nitrogens is 1. The largest absolute Gasteiger partial charge is 0.481 e. The monoisotopic (exact) mass is 278 g/mol. The van der Waals surface area contributed by atoms with Crippen molar-refractivity contribution >= 4 is 15.7 Å². The van der Waals surface area contributed by atoms with E-state index >= 15 is 0 Å². The highest BCUT2D eigenvalue weighted by Crippen LogP contribution is 2.14. The molecule has 0 amide bonds. The molecule has 2 rings (SSSR count). The molecule has 0 unspecified atom stereocenters. The topological polar surface area (TPSA) is 68.3 Å². The van der Waals surface area contributed by atoms with Crippen LogP contribution in [0.2, 0.25) is 0 Å². The van der Waals surface area contributed by atoms with Crippen molar-refractivity contribution in [2.75, 3.05) is 11.8 Å². The lowest BCUT2D eigenvalue weighted by Gasteiger charge is -2.08. The second-order valence-electron chi connectivity index (χ2n) is 3.94. The van der Waals surface area contributed by atoms with Gasteiger partial charge < -0.3 is 4.74 Å². The molecule has 100 valence electrons. The van der Waals surface area contributed by atoms with E-state index in [4.69, 9.17) is 4.74 Å². The summed E-state index contributed by atoms with van der Waals surface area (Å²) in [6, 6.07) is 12.2. The molecule has 0 saturated carbocycles. The van der Waals surface area contributed by atoms with Gasteiger partial charge in [-0.1, -0.05) is 30.3 Å². The Bertz CT molecular complexity index is 625. The molecule has 0 bridgehead atoms. The second-order valence-corrected chi connectivity index (χ2v) is 5.66. The fourth-order valence-electron chi connectivity index (χ4n) is 1.57. The molecule has 0 radical (unpaired) electrons. The molecule has 19 heavy (non-hydrogen) atoms. The summed E-state index contributed by atoms with van der Waals surface area (Å²) in [4.78, 5) is 3.94. The Balaban J connectivity index is 2.08. The predicted molar refractivity (Wildman–Crippen MR) is 73.5 cm³/mol. The zero-order valence-electron chi connectivity index (χ0n) is 10.4. The number of hydrogen-bond donors (Lipinski definition) is 1. The second kappa shape index (κ2) is 5.71. The van der Waals surface area contributed by atoms with Crippen LogP contribution in [0.25, 0.3) is 0 Å².